The van der Waals surface area contributed by atoms with Crippen LogP contribution in [-0.2, 0) is 0 Å². The number of hydrogen-bond donors (Lipinski definition) is 1. The van der Waals surface area contributed by atoms with Gasteiger partial charge in [-0.1, -0.05) is 30.3 Å². The van der Waals surface area contributed by atoms with Crippen LogP contribution in [0.1, 0.15) is 26.5 Å². The number of amides is 1. The smallest absolute Gasteiger partial charge is 0.251 e. The summed E-state index contributed by atoms with van der Waals surface area (Å²) in [6.45, 7) is 2.31. The molecule has 1 amide bonds. The van der Waals surface area contributed by atoms with Crippen LogP contribution in [0.2, 0.25) is 0 Å². The van der Waals surface area contributed by atoms with Crippen LogP contribution in [0, 0.1) is 6.92 Å². The first-order chi connectivity index (χ1) is 12.6. The Morgan fingerprint density at radius 2 is 1.62 bits per heavy atom. The third kappa shape index (κ3) is 4.46. The van der Waals surface area contributed by atoms with Gasteiger partial charge in [-0.05, 0) is 31.2 Å². The van der Waals surface area contributed by atoms with Crippen LogP contribution < -0.4 is 5.32 Å². The lowest BCUT2D eigenvalue weighted by Gasteiger charge is -2.07. The van der Waals surface area contributed by atoms with E-state index in [1.54, 1.807) is 19.1 Å². The standard InChI is InChI=1S/C20H19N3O2S/c1-14-19(23-17-10-6-5-9-16(17)22-14)18(24)13-26-12-11-21-20(25)15-7-3-2-4-8-15/h2-10H,11-13H2,1H3,(H,21,25). The van der Waals surface area contributed by atoms with Gasteiger partial charge in [-0.2, -0.15) is 11.8 Å². The van der Waals surface area contributed by atoms with Gasteiger partial charge >= 0.3 is 0 Å². The summed E-state index contributed by atoms with van der Waals surface area (Å²) in [6, 6.07) is 16.6. The highest BCUT2D eigenvalue weighted by Crippen LogP contribution is 2.14. The summed E-state index contributed by atoms with van der Waals surface area (Å²) in [5.41, 5.74) is 3.21. The molecule has 0 bridgehead atoms. The van der Waals surface area contributed by atoms with E-state index in [9.17, 15) is 9.59 Å². The van der Waals surface area contributed by atoms with Gasteiger partial charge in [0, 0.05) is 17.9 Å². The molecular weight excluding hydrogens is 346 g/mol. The van der Waals surface area contributed by atoms with Crippen molar-refractivity contribution >= 4 is 34.5 Å². The largest absolute Gasteiger partial charge is 0.351 e. The van der Waals surface area contributed by atoms with Crippen LogP contribution in [0.3, 0.4) is 0 Å². The molecule has 132 valence electrons. The molecule has 0 aliphatic heterocycles. The number of thioether (sulfide) groups is 1. The summed E-state index contributed by atoms with van der Waals surface area (Å²) in [4.78, 5) is 33.2. The van der Waals surface area contributed by atoms with Crippen LogP contribution in [-0.4, -0.2) is 39.7 Å². The maximum Gasteiger partial charge on any atom is 0.251 e. The Balaban J connectivity index is 1.49. The van der Waals surface area contributed by atoms with Gasteiger partial charge in [0.1, 0.15) is 5.69 Å². The van der Waals surface area contributed by atoms with Crippen molar-refractivity contribution in [2.24, 2.45) is 0 Å². The molecule has 3 aromatic rings. The third-order valence-corrected chi connectivity index (χ3v) is 4.77. The zero-order valence-corrected chi connectivity index (χ0v) is 15.3. The van der Waals surface area contributed by atoms with E-state index in [-0.39, 0.29) is 11.7 Å². The Bertz CT molecular complexity index is 929. The molecule has 0 aliphatic rings. The zero-order chi connectivity index (χ0) is 18.4. The topological polar surface area (TPSA) is 72.0 Å². The number of rotatable bonds is 7. The molecule has 0 aliphatic carbocycles. The summed E-state index contributed by atoms with van der Waals surface area (Å²) >= 11 is 1.48. The van der Waals surface area contributed by atoms with E-state index in [2.05, 4.69) is 15.3 Å². The van der Waals surface area contributed by atoms with Gasteiger partial charge in [0.2, 0.25) is 0 Å². The molecule has 0 saturated carbocycles. The molecule has 2 aromatic carbocycles. The van der Waals surface area contributed by atoms with Crippen molar-refractivity contribution in [2.75, 3.05) is 18.1 Å². The molecule has 6 heteroatoms. The minimum Gasteiger partial charge on any atom is -0.351 e. The van der Waals surface area contributed by atoms with Gasteiger partial charge in [-0.15, -0.1) is 0 Å². The number of aryl methyl sites for hydroxylation is 1. The number of nitrogens with zero attached hydrogens (tertiary/aromatic N) is 2. The van der Waals surface area contributed by atoms with Gasteiger partial charge in [0.15, 0.2) is 5.78 Å². The summed E-state index contributed by atoms with van der Waals surface area (Å²) in [5.74, 6) is 0.827. The fourth-order valence-corrected chi connectivity index (χ4v) is 3.23. The van der Waals surface area contributed by atoms with E-state index in [4.69, 9.17) is 0 Å². The number of aromatic nitrogens is 2. The van der Waals surface area contributed by atoms with Crippen molar-refractivity contribution in [3.8, 4) is 0 Å². The first-order valence-electron chi connectivity index (χ1n) is 8.33. The van der Waals surface area contributed by atoms with E-state index >= 15 is 0 Å². The van der Waals surface area contributed by atoms with Gasteiger partial charge in [-0.3, -0.25) is 9.59 Å². The van der Waals surface area contributed by atoms with Crippen molar-refractivity contribution < 1.29 is 9.59 Å². The minimum atomic E-state index is -0.103. The highest BCUT2D eigenvalue weighted by Gasteiger charge is 2.13. The molecule has 0 atom stereocenters. The quantitative estimate of drug-likeness (QED) is 0.514. The maximum atomic E-state index is 12.4. The predicted molar refractivity (Wildman–Crippen MR) is 105 cm³/mol. The van der Waals surface area contributed by atoms with Crippen LogP contribution in [0.4, 0.5) is 0 Å². The molecule has 1 N–H and O–H groups in total. The number of carbonyl (C=O) groups is 2. The number of nitrogens with one attached hydrogen (secondary N) is 1. The van der Waals surface area contributed by atoms with Gasteiger partial charge in [0.05, 0.1) is 22.5 Å². The molecule has 0 unspecified atom stereocenters. The Kier molecular flexibility index (Phi) is 5.96. The number of carbonyl (C=O) groups excluding carboxylic acids is 2. The Labute approximate surface area is 156 Å². The predicted octanol–water partition coefficient (Wildman–Crippen LogP) is 3.28. The highest BCUT2D eigenvalue weighted by molar-refractivity contribution is 8.00. The zero-order valence-electron chi connectivity index (χ0n) is 14.4. The molecule has 1 heterocycles. The van der Waals surface area contributed by atoms with E-state index < -0.39 is 0 Å². The van der Waals surface area contributed by atoms with Crippen LogP contribution in [0.5, 0.6) is 0 Å². The van der Waals surface area contributed by atoms with Crippen LogP contribution in [0.15, 0.2) is 54.6 Å². The summed E-state index contributed by atoms with van der Waals surface area (Å²) < 4.78 is 0. The monoisotopic (exact) mass is 365 g/mol. The lowest BCUT2D eigenvalue weighted by Crippen LogP contribution is -2.26. The summed E-state index contributed by atoms with van der Waals surface area (Å²) in [6.07, 6.45) is 0. The number of fused-ring (bicyclic) bond motifs is 1. The molecule has 0 saturated heterocycles. The molecule has 1 aromatic heterocycles. The minimum absolute atomic E-state index is 0.0415. The van der Waals surface area contributed by atoms with Crippen molar-refractivity contribution in [2.45, 2.75) is 6.92 Å². The average molecular weight is 365 g/mol. The number of ketones is 1. The molecule has 0 fully saturated rings. The van der Waals surface area contributed by atoms with Crippen molar-refractivity contribution in [1.29, 1.82) is 0 Å². The Morgan fingerprint density at radius 1 is 0.962 bits per heavy atom. The molecule has 5 nitrogen and oxygen atoms in total. The third-order valence-electron chi connectivity index (χ3n) is 3.81. The van der Waals surface area contributed by atoms with Gasteiger partial charge in [0.25, 0.3) is 5.91 Å². The van der Waals surface area contributed by atoms with Crippen molar-refractivity contribution in [1.82, 2.24) is 15.3 Å². The second-order valence-corrected chi connectivity index (χ2v) is 6.85. The number of para-hydroxylation sites is 2. The molecule has 26 heavy (non-hydrogen) atoms. The normalized spacial score (nSPS) is 10.7. The van der Waals surface area contributed by atoms with Crippen molar-refractivity contribution in [3.63, 3.8) is 0 Å². The van der Waals surface area contributed by atoms with E-state index in [0.717, 1.165) is 11.0 Å². The SMILES string of the molecule is Cc1nc2ccccc2nc1C(=O)CSCCNC(=O)c1ccccc1. The first-order valence-corrected chi connectivity index (χ1v) is 9.48. The lowest BCUT2D eigenvalue weighted by atomic mass is 10.2. The highest BCUT2D eigenvalue weighted by atomic mass is 32.2. The molecule has 0 spiro atoms. The lowest BCUT2D eigenvalue weighted by molar-refractivity contribution is 0.0955. The van der Waals surface area contributed by atoms with Crippen LogP contribution >= 0.6 is 11.8 Å². The van der Waals surface area contributed by atoms with Crippen molar-refractivity contribution in [3.05, 3.63) is 71.5 Å². The summed E-state index contributed by atoms with van der Waals surface area (Å²) in [7, 11) is 0. The first kappa shape index (κ1) is 18.1. The average Bonchev–Trinajstić information content (AvgIpc) is 2.67. The fourth-order valence-electron chi connectivity index (χ4n) is 2.51. The second kappa shape index (κ2) is 8.58. The van der Waals surface area contributed by atoms with E-state index in [1.165, 1.54) is 11.8 Å². The Morgan fingerprint density at radius 3 is 2.35 bits per heavy atom. The number of benzene rings is 2. The summed E-state index contributed by atoms with van der Waals surface area (Å²) in [5, 5.41) is 2.85. The molecule has 0 radical (unpaired) electrons. The molecule has 3 rings (SSSR count). The second-order valence-electron chi connectivity index (χ2n) is 5.74. The fraction of sp³-hybridized carbons (Fsp3) is 0.200. The maximum absolute atomic E-state index is 12.4. The van der Waals surface area contributed by atoms with Gasteiger partial charge < -0.3 is 5.32 Å². The molecular formula is C20H19N3O2S. The Hall–Kier alpha value is -2.73. The van der Waals surface area contributed by atoms with E-state index in [0.29, 0.717) is 35.0 Å². The van der Waals surface area contributed by atoms with Crippen LogP contribution in [0.25, 0.3) is 11.0 Å². The number of hydrogen-bond acceptors (Lipinski definition) is 5. The van der Waals surface area contributed by atoms with Gasteiger partial charge in [-0.25, -0.2) is 9.97 Å². The number of Topliss-reactive ketones (excluding diaryl/α,β-unsaturated/α-hetero) is 1. The van der Waals surface area contributed by atoms with E-state index in [1.807, 2.05) is 42.5 Å².